The van der Waals surface area contributed by atoms with Crippen molar-refractivity contribution >= 4 is 17.7 Å². The van der Waals surface area contributed by atoms with Gasteiger partial charge in [-0.15, -0.1) is 0 Å². The van der Waals surface area contributed by atoms with Gasteiger partial charge in [0.1, 0.15) is 0 Å². The molecule has 3 amide bonds. The molecule has 112 valence electrons. The molecule has 0 spiro atoms. The van der Waals surface area contributed by atoms with Crippen molar-refractivity contribution in [3.8, 4) is 0 Å². The van der Waals surface area contributed by atoms with Crippen molar-refractivity contribution < 1.29 is 14.4 Å². The van der Waals surface area contributed by atoms with Gasteiger partial charge in [0.25, 0.3) is 0 Å². The van der Waals surface area contributed by atoms with Gasteiger partial charge in [-0.25, -0.2) is 0 Å². The number of benzene rings is 1. The summed E-state index contributed by atoms with van der Waals surface area (Å²) < 4.78 is 0. The first-order valence-corrected chi connectivity index (χ1v) is 6.98. The molecule has 0 aromatic heterocycles. The third kappa shape index (κ3) is 4.13. The van der Waals surface area contributed by atoms with Crippen molar-refractivity contribution in [2.24, 2.45) is 5.73 Å². The number of nitrogens with two attached hydrogens (primary N) is 1. The lowest BCUT2D eigenvalue weighted by Gasteiger charge is -2.16. The van der Waals surface area contributed by atoms with E-state index in [0.29, 0.717) is 6.42 Å². The zero-order chi connectivity index (χ0) is 15.2. The van der Waals surface area contributed by atoms with Gasteiger partial charge in [-0.3, -0.25) is 19.3 Å². The molecule has 21 heavy (non-hydrogen) atoms. The summed E-state index contributed by atoms with van der Waals surface area (Å²) in [6.07, 6.45) is 0.981. The molecule has 2 rings (SSSR count). The number of carbonyl (C=O) groups is 3. The maximum Gasteiger partial charge on any atom is 0.237 e. The second-order valence-corrected chi connectivity index (χ2v) is 5.03. The highest BCUT2D eigenvalue weighted by Gasteiger charge is 2.28. The van der Waals surface area contributed by atoms with Crippen molar-refractivity contribution in [1.82, 2.24) is 10.2 Å². The maximum atomic E-state index is 11.9. The Morgan fingerprint density at radius 2 is 1.81 bits per heavy atom. The van der Waals surface area contributed by atoms with Crippen molar-refractivity contribution in [2.75, 3.05) is 13.1 Å². The molecule has 0 saturated carbocycles. The number of hydrogen-bond donors (Lipinski definition) is 2. The fourth-order valence-electron chi connectivity index (χ4n) is 2.25. The molecule has 1 heterocycles. The minimum atomic E-state index is -0.641. The summed E-state index contributed by atoms with van der Waals surface area (Å²) in [7, 11) is 0. The number of amides is 3. The van der Waals surface area contributed by atoms with E-state index in [9.17, 15) is 14.4 Å². The summed E-state index contributed by atoms with van der Waals surface area (Å²) in [4.78, 5) is 35.8. The Hall–Kier alpha value is -2.21. The number of imide groups is 1. The van der Waals surface area contributed by atoms with Crippen LogP contribution >= 0.6 is 0 Å². The Morgan fingerprint density at radius 1 is 1.19 bits per heavy atom. The predicted octanol–water partition coefficient (Wildman–Crippen LogP) is -0.178. The number of carbonyl (C=O) groups excluding carboxylic acids is 3. The zero-order valence-electron chi connectivity index (χ0n) is 11.7. The lowest BCUT2D eigenvalue weighted by Crippen LogP contribution is -2.45. The molecular weight excluding hydrogens is 270 g/mol. The SMILES string of the molecule is N[C@@H](Cc1ccccc1)C(=O)NCCN1C(=O)CCC1=O. The summed E-state index contributed by atoms with van der Waals surface area (Å²) in [6, 6.07) is 8.87. The van der Waals surface area contributed by atoms with Crippen LogP contribution in [0.1, 0.15) is 18.4 Å². The van der Waals surface area contributed by atoms with Crippen LogP contribution in [0.2, 0.25) is 0 Å². The van der Waals surface area contributed by atoms with E-state index < -0.39 is 6.04 Å². The van der Waals surface area contributed by atoms with Crippen LogP contribution < -0.4 is 11.1 Å². The second kappa shape index (κ2) is 6.99. The molecule has 0 aliphatic carbocycles. The molecule has 1 aliphatic heterocycles. The van der Waals surface area contributed by atoms with Crippen LogP contribution in [0.15, 0.2) is 30.3 Å². The van der Waals surface area contributed by atoms with E-state index in [0.717, 1.165) is 5.56 Å². The summed E-state index contributed by atoms with van der Waals surface area (Å²) in [6.45, 7) is 0.445. The maximum absolute atomic E-state index is 11.9. The van der Waals surface area contributed by atoms with E-state index in [-0.39, 0.29) is 43.7 Å². The molecule has 6 nitrogen and oxygen atoms in total. The minimum Gasteiger partial charge on any atom is -0.353 e. The van der Waals surface area contributed by atoms with Crippen LogP contribution in [0.4, 0.5) is 0 Å². The van der Waals surface area contributed by atoms with Crippen LogP contribution in [-0.2, 0) is 20.8 Å². The number of hydrogen-bond acceptors (Lipinski definition) is 4. The Kier molecular flexibility index (Phi) is 5.05. The van der Waals surface area contributed by atoms with Crippen molar-refractivity contribution in [1.29, 1.82) is 0 Å². The van der Waals surface area contributed by atoms with E-state index in [2.05, 4.69) is 5.32 Å². The van der Waals surface area contributed by atoms with Gasteiger partial charge < -0.3 is 11.1 Å². The molecular formula is C15H19N3O3. The number of rotatable bonds is 6. The molecule has 6 heteroatoms. The average molecular weight is 289 g/mol. The third-order valence-corrected chi connectivity index (χ3v) is 3.42. The third-order valence-electron chi connectivity index (χ3n) is 3.42. The Morgan fingerprint density at radius 3 is 2.43 bits per heavy atom. The van der Waals surface area contributed by atoms with E-state index in [1.165, 1.54) is 4.90 Å². The second-order valence-electron chi connectivity index (χ2n) is 5.03. The molecule has 1 saturated heterocycles. The largest absolute Gasteiger partial charge is 0.353 e. The fourth-order valence-corrected chi connectivity index (χ4v) is 2.25. The molecule has 1 aliphatic rings. The normalized spacial score (nSPS) is 16.1. The Balaban J connectivity index is 1.74. The molecule has 1 fully saturated rings. The highest BCUT2D eigenvalue weighted by molar-refractivity contribution is 6.01. The standard InChI is InChI=1S/C15H19N3O3/c16-12(10-11-4-2-1-3-5-11)15(21)17-8-9-18-13(19)6-7-14(18)20/h1-5,12H,6-10,16H2,(H,17,21)/t12-/m0/s1. The van der Waals surface area contributed by atoms with Gasteiger partial charge in [0.05, 0.1) is 6.04 Å². The highest BCUT2D eigenvalue weighted by Crippen LogP contribution is 2.10. The van der Waals surface area contributed by atoms with Gasteiger partial charge in [0.15, 0.2) is 0 Å². The van der Waals surface area contributed by atoms with Crippen molar-refractivity contribution in [2.45, 2.75) is 25.3 Å². The molecule has 0 radical (unpaired) electrons. The van der Waals surface area contributed by atoms with Gasteiger partial charge in [-0.1, -0.05) is 30.3 Å². The lowest BCUT2D eigenvalue weighted by atomic mass is 10.1. The first kappa shape index (κ1) is 15.2. The quantitative estimate of drug-likeness (QED) is 0.711. The first-order chi connectivity index (χ1) is 10.1. The van der Waals surface area contributed by atoms with Crippen LogP contribution in [-0.4, -0.2) is 41.8 Å². The summed E-state index contributed by atoms with van der Waals surface area (Å²) >= 11 is 0. The fraction of sp³-hybridized carbons (Fsp3) is 0.400. The van der Waals surface area contributed by atoms with Gasteiger partial charge in [-0.05, 0) is 12.0 Å². The summed E-state index contributed by atoms with van der Waals surface area (Å²) in [5, 5.41) is 2.66. The van der Waals surface area contributed by atoms with Crippen LogP contribution in [0.25, 0.3) is 0 Å². The zero-order valence-corrected chi connectivity index (χ0v) is 11.7. The summed E-state index contributed by atoms with van der Waals surface area (Å²) in [5.74, 6) is -0.636. The lowest BCUT2D eigenvalue weighted by molar-refractivity contribution is -0.138. The topological polar surface area (TPSA) is 92.5 Å². The van der Waals surface area contributed by atoms with Gasteiger partial charge >= 0.3 is 0 Å². The summed E-state index contributed by atoms with van der Waals surface area (Å²) in [5.41, 5.74) is 6.83. The average Bonchev–Trinajstić information content (AvgIpc) is 2.80. The van der Waals surface area contributed by atoms with Gasteiger partial charge in [-0.2, -0.15) is 0 Å². The minimum absolute atomic E-state index is 0.178. The van der Waals surface area contributed by atoms with E-state index in [1.807, 2.05) is 30.3 Å². The Bertz CT molecular complexity index is 514. The van der Waals surface area contributed by atoms with Crippen LogP contribution in [0, 0.1) is 0 Å². The number of likely N-dealkylation sites (tertiary alicyclic amines) is 1. The number of nitrogens with zero attached hydrogens (tertiary/aromatic N) is 1. The number of nitrogens with one attached hydrogen (secondary N) is 1. The van der Waals surface area contributed by atoms with E-state index in [1.54, 1.807) is 0 Å². The molecule has 1 aromatic carbocycles. The van der Waals surface area contributed by atoms with Gasteiger partial charge in [0.2, 0.25) is 17.7 Å². The molecule has 1 aromatic rings. The van der Waals surface area contributed by atoms with E-state index >= 15 is 0 Å². The monoisotopic (exact) mass is 289 g/mol. The van der Waals surface area contributed by atoms with Crippen LogP contribution in [0.3, 0.4) is 0 Å². The molecule has 3 N–H and O–H groups in total. The van der Waals surface area contributed by atoms with Crippen molar-refractivity contribution in [3.63, 3.8) is 0 Å². The van der Waals surface area contributed by atoms with Crippen molar-refractivity contribution in [3.05, 3.63) is 35.9 Å². The van der Waals surface area contributed by atoms with E-state index in [4.69, 9.17) is 5.73 Å². The molecule has 1 atom stereocenters. The smallest absolute Gasteiger partial charge is 0.237 e. The molecule has 0 unspecified atom stereocenters. The van der Waals surface area contributed by atoms with Gasteiger partial charge in [0, 0.05) is 25.9 Å². The predicted molar refractivity (Wildman–Crippen MR) is 77.1 cm³/mol. The first-order valence-electron chi connectivity index (χ1n) is 6.98. The molecule has 0 bridgehead atoms. The highest BCUT2D eigenvalue weighted by atomic mass is 16.2. The Labute approximate surface area is 123 Å². The van der Waals surface area contributed by atoms with Crippen LogP contribution in [0.5, 0.6) is 0 Å².